The number of carbonyl (C=O) groups is 1. The van der Waals surface area contributed by atoms with Crippen molar-refractivity contribution in [2.75, 3.05) is 46.8 Å². The van der Waals surface area contributed by atoms with Crippen LogP contribution < -0.4 is 25.3 Å². The van der Waals surface area contributed by atoms with Gasteiger partial charge in [0.05, 0.1) is 23.1 Å². The van der Waals surface area contributed by atoms with Gasteiger partial charge < -0.3 is 20.4 Å². The summed E-state index contributed by atoms with van der Waals surface area (Å²) in [7, 11) is 1.84. The summed E-state index contributed by atoms with van der Waals surface area (Å²) in [4.78, 5) is 27.5. The van der Waals surface area contributed by atoms with Crippen LogP contribution in [-0.4, -0.2) is 54.8 Å². The quantitative estimate of drug-likeness (QED) is 0.560. The summed E-state index contributed by atoms with van der Waals surface area (Å²) < 4.78 is 15.0. The Bertz CT molecular complexity index is 1270. The highest BCUT2D eigenvalue weighted by Crippen LogP contribution is 2.33. The number of nitrogens with zero attached hydrogens (tertiary/aromatic N) is 5. The van der Waals surface area contributed by atoms with Crippen molar-refractivity contribution in [1.82, 2.24) is 15.3 Å². The van der Waals surface area contributed by atoms with Crippen molar-refractivity contribution in [3.63, 3.8) is 0 Å². The van der Waals surface area contributed by atoms with Crippen molar-refractivity contribution in [2.45, 2.75) is 25.9 Å². The van der Waals surface area contributed by atoms with Crippen LogP contribution in [0, 0.1) is 5.82 Å². The van der Waals surface area contributed by atoms with Crippen LogP contribution in [-0.2, 0) is 0 Å². The first-order valence-electron chi connectivity index (χ1n) is 11.5. The molecule has 1 aromatic heterocycles. The zero-order valence-corrected chi connectivity index (χ0v) is 20.6. The van der Waals surface area contributed by atoms with Crippen LogP contribution in [0.25, 0.3) is 0 Å². The number of aromatic nitrogens is 2. The van der Waals surface area contributed by atoms with Crippen LogP contribution in [0.4, 0.5) is 33.2 Å². The topological polar surface area (TPSA) is 76.6 Å². The van der Waals surface area contributed by atoms with Crippen molar-refractivity contribution in [3.05, 3.63) is 65.1 Å². The van der Waals surface area contributed by atoms with Crippen molar-refractivity contribution in [1.29, 1.82) is 0 Å². The van der Waals surface area contributed by atoms with Gasteiger partial charge >= 0.3 is 0 Å². The van der Waals surface area contributed by atoms with Crippen molar-refractivity contribution in [2.24, 2.45) is 0 Å². The number of benzene rings is 2. The van der Waals surface area contributed by atoms with Crippen molar-refractivity contribution in [3.8, 4) is 0 Å². The molecule has 2 aromatic carbocycles. The van der Waals surface area contributed by atoms with Crippen LogP contribution >= 0.6 is 11.6 Å². The third-order valence-corrected chi connectivity index (χ3v) is 6.70. The highest BCUT2D eigenvalue weighted by Gasteiger charge is 2.31. The zero-order valence-electron chi connectivity index (χ0n) is 19.8. The molecule has 1 amide bonds. The number of anilines is 5. The summed E-state index contributed by atoms with van der Waals surface area (Å²) in [6.45, 7) is 6.01. The van der Waals surface area contributed by atoms with Gasteiger partial charge in [-0.2, -0.15) is 4.98 Å². The lowest BCUT2D eigenvalue weighted by atomic mass is 10.1. The molecule has 10 heteroatoms. The Morgan fingerprint density at radius 2 is 1.97 bits per heavy atom. The lowest BCUT2D eigenvalue weighted by Crippen LogP contribution is -2.54. The monoisotopic (exact) mass is 495 g/mol. The number of hydrogen-bond donors (Lipinski definition) is 2. The molecule has 2 N–H and O–H groups in total. The van der Waals surface area contributed by atoms with Crippen LogP contribution in [0.2, 0.25) is 5.02 Å². The Hall–Kier alpha value is -3.43. The van der Waals surface area contributed by atoms with E-state index in [0.717, 1.165) is 13.1 Å². The summed E-state index contributed by atoms with van der Waals surface area (Å²) >= 11 is 6.31. The third-order valence-electron chi connectivity index (χ3n) is 6.38. The number of fused-ring (bicyclic) bond motifs is 1. The molecule has 0 saturated carbocycles. The molecule has 8 nitrogen and oxygen atoms in total. The number of amides is 1. The Balaban J connectivity index is 1.37. The molecule has 0 aliphatic carbocycles. The standard InChI is InChI=1S/C25H27ClFN7O/c1-15-13-33(16(2)11-28-15)22-9-8-17(10-20(22)27)30-25-29-12-18-23(31-25)32(3)14-34(24(18)35)21-7-5-4-6-19(21)26/h4-10,12,15-16,28H,11,13-14H2,1-3H3,(H,29,30,31). The number of halogens is 2. The molecule has 0 radical (unpaired) electrons. The average molecular weight is 496 g/mol. The molecule has 35 heavy (non-hydrogen) atoms. The van der Waals surface area contributed by atoms with Gasteiger partial charge in [-0.15, -0.1) is 0 Å². The fraction of sp³-hybridized carbons (Fsp3) is 0.320. The van der Waals surface area contributed by atoms with Gasteiger partial charge in [0.15, 0.2) is 0 Å². The van der Waals surface area contributed by atoms with Crippen LogP contribution in [0.1, 0.15) is 24.2 Å². The Labute approximate surface area is 208 Å². The molecule has 5 rings (SSSR count). The van der Waals surface area contributed by atoms with E-state index in [1.165, 1.54) is 12.3 Å². The molecule has 182 valence electrons. The molecular formula is C25H27ClFN7O. The molecule has 0 bridgehead atoms. The van der Waals surface area contributed by atoms with E-state index in [0.29, 0.717) is 39.5 Å². The number of nitrogens with one attached hydrogen (secondary N) is 2. The van der Waals surface area contributed by atoms with Gasteiger partial charge in [0.25, 0.3) is 5.91 Å². The van der Waals surface area contributed by atoms with Gasteiger partial charge in [-0.25, -0.2) is 9.37 Å². The molecule has 2 atom stereocenters. The first-order chi connectivity index (χ1) is 16.8. The Morgan fingerprint density at radius 1 is 1.17 bits per heavy atom. The molecular weight excluding hydrogens is 469 g/mol. The van der Waals surface area contributed by atoms with Crippen molar-refractivity contribution < 1.29 is 9.18 Å². The summed E-state index contributed by atoms with van der Waals surface area (Å²) in [5, 5.41) is 6.97. The summed E-state index contributed by atoms with van der Waals surface area (Å²) in [6, 6.07) is 12.7. The highest BCUT2D eigenvalue weighted by atomic mass is 35.5. The first-order valence-corrected chi connectivity index (χ1v) is 11.9. The minimum atomic E-state index is -0.309. The second-order valence-corrected chi connectivity index (χ2v) is 9.46. The lowest BCUT2D eigenvalue weighted by Gasteiger charge is -2.39. The maximum atomic E-state index is 15.0. The zero-order chi connectivity index (χ0) is 24.7. The van der Waals surface area contributed by atoms with Crippen LogP contribution in [0.15, 0.2) is 48.7 Å². The molecule has 2 unspecified atom stereocenters. The number of rotatable bonds is 4. The summed E-state index contributed by atoms with van der Waals surface area (Å²) in [6.07, 6.45) is 1.49. The largest absolute Gasteiger partial charge is 0.364 e. The normalized spacial score (nSPS) is 20.1. The van der Waals surface area contributed by atoms with Crippen LogP contribution in [0.5, 0.6) is 0 Å². The number of para-hydroxylation sites is 1. The minimum Gasteiger partial charge on any atom is -0.364 e. The Kier molecular flexibility index (Phi) is 6.21. The Morgan fingerprint density at radius 3 is 2.74 bits per heavy atom. The minimum absolute atomic E-state index is 0.196. The smallest absolute Gasteiger partial charge is 0.265 e. The number of carbonyl (C=O) groups excluding carboxylic acids is 1. The fourth-order valence-electron chi connectivity index (χ4n) is 4.52. The average Bonchev–Trinajstić information content (AvgIpc) is 2.84. The van der Waals surface area contributed by atoms with Gasteiger partial charge in [-0.3, -0.25) is 9.69 Å². The van der Waals surface area contributed by atoms with E-state index in [2.05, 4.69) is 39.3 Å². The maximum absolute atomic E-state index is 15.0. The molecule has 1 saturated heterocycles. The summed E-state index contributed by atoms with van der Waals surface area (Å²) in [5.74, 6) is 0.242. The van der Waals surface area contributed by atoms with E-state index in [9.17, 15) is 4.79 Å². The number of hydrogen-bond acceptors (Lipinski definition) is 7. The predicted octanol–water partition coefficient (Wildman–Crippen LogP) is 4.25. The van der Waals surface area contributed by atoms with E-state index < -0.39 is 0 Å². The van der Waals surface area contributed by atoms with E-state index in [-0.39, 0.29) is 30.4 Å². The molecule has 3 aromatic rings. The second kappa shape index (κ2) is 9.31. The predicted molar refractivity (Wildman–Crippen MR) is 138 cm³/mol. The van der Waals surface area contributed by atoms with Gasteiger partial charge in [0.2, 0.25) is 5.95 Å². The maximum Gasteiger partial charge on any atom is 0.265 e. The molecule has 2 aliphatic rings. The summed E-state index contributed by atoms with van der Waals surface area (Å²) in [5.41, 5.74) is 2.10. The van der Waals surface area contributed by atoms with E-state index in [1.54, 1.807) is 23.1 Å². The lowest BCUT2D eigenvalue weighted by molar-refractivity contribution is 0.0982. The van der Waals surface area contributed by atoms with Crippen LogP contribution in [0.3, 0.4) is 0 Å². The van der Waals surface area contributed by atoms with E-state index >= 15 is 4.39 Å². The number of piperazine rings is 1. The molecule has 0 spiro atoms. The third kappa shape index (κ3) is 4.49. The van der Waals surface area contributed by atoms with Gasteiger partial charge in [0, 0.05) is 44.1 Å². The van der Waals surface area contributed by atoms with Gasteiger partial charge in [-0.1, -0.05) is 23.7 Å². The SMILES string of the molecule is CC1CN(c2ccc(Nc3ncc4c(n3)N(C)CN(c3ccccc3Cl)C4=O)cc2F)C(C)CN1. The van der Waals surface area contributed by atoms with E-state index in [4.69, 9.17) is 11.6 Å². The van der Waals surface area contributed by atoms with Crippen molar-refractivity contribution >= 4 is 46.3 Å². The fourth-order valence-corrected chi connectivity index (χ4v) is 4.76. The second-order valence-electron chi connectivity index (χ2n) is 9.06. The van der Waals surface area contributed by atoms with Gasteiger partial charge in [0.1, 0.15) is 17.2 Å². The molecule has 2 aliphatic heterocycles. The molecule has 3 heterocycles. The van der Waals surface area contributed by atoms with Gasteiger partial charge in [-0.05, 0) is 44.2 Å². The first kappa shape index (κ1) is 23.3. The molecule has 1 fully saturated rings. The highest BCUT2D eigenvalue weighted by molar-refractivity contribution is 6.34. The van der Waals surface area contributed by atoms with E-state index in [1.807, 2.05) is 30.1 Å².